The van der Waals surface area contributed by atoms with E-state index in [1.54, 1.807) is 19.9 Å². The Morgan fingerprint density at radius 3 is 1.83 bits per heavy atom. The summed E-state index contributed by atoms with van der Waals surface area (Å²) in [4.78, 5) is 53.5. The molecule has 506 valence electrons. The lowest BCUT2D eigenvalue weighted by Gasteiger charge is -2.72. The Morgan fingerprint density at radius 1 is 0.607 bits per heavy atom. The summed E-state index contributed by atoms with van der Waals surface area (Å²) in [6.45, 7) is 14.8. The van der Waals surface area contributed by atoms with Crippen molar-refractivity contribution in [3.63, 3.8) is 0 Å². The van der Waals surface area contributed by atoms with Crippen LogP contribution >= 0.6 is 0 Å². The van der Waals surface area contributed by atoms with Crippen LogP contribution in [0.4, 0.5) is 0 Å². The lowest BCUT2D eigenvalue weighted by Crippen LogP contribution is -2.73. The van der Waals surface area contributed by atoms with Gasteiger partial charge in [-0.15, -0.1) is 0 Å². The third-order valence-corrected chi connectivity index (χ3v) is 22.7. The van der Waals surface area contributed by atoms with Crippen LogP contribution < -0.4 is 0 Å². The molecule has 13 N–H and O–H groups in total. The van der Waals surface area contributed by atoms with Gasteiger partial charge >= 0.3 is 23.9 Å². The van der Waals surface area contributed by atoms with Crippen LogP contribution in [0.2, 0.25) is 0 Å². The fourth-order valence-electron chi connectivity index (χ4n) is 17.5. The van der Waals surface area contributed by atoms with Gasteiger partial charge in [-0.3, -0.25) is 9.59 Å². The minimum Gasteiger partial charge on any atom is -0.479 e. The first kappa shape index (κ1) is 69.9. The maximum absolute atomic E-state index is 13.6. The Labute approximate surface area is 515 Å². The number of ether oxygens (including phenoxy) is 11. The Hall–Kier alpha value is -3.44. The lowest BCUT2D eigenvalue weighted by molar-refractivity contribution is -0.400. The van der Waals surface area contributed by atoms with Gasteiger partial charge in [-0.2, -0.15) is 0 Å². The fourth-order valence-corrected chi connectivity index (χ4v) is 17.5. The summed E-state index contributed by atoms with van der Waals surface area (Å²) in [6.07, 6.45) is -32.6. The smallest absolute Gasteiger partial charge is 0.335 e. The summed E-state index contributed by atoms with van der Waals surface area (Å²) in [5.74, 6) is -4.80. The molecule has 0 aromatic rings. The maximum atomic E-state index is 13.6. The van der Waals surface area contributed by atoms with Crippen molar-refractivity contribution in [2.24, 2.45) is 50.2 Å². The lowest BCUT2D eigenvalue weighted by atomic mass is 9.33. The van der Waals surface area contributed by atoms with Crippen LogP contribution in [0.25, 0.3) is 0 Å². The van der Waals surface area contributed by atoms with Crippen molar-refractivity contribution in [3.8, 4) is 0 Å². The van der Waals surface area contributed by atoms with Crippen LogP contribution in [-0.4, -0.2) is 258 Å². The van der Waals surface area contributed by atoms with Gasteiger partial charge in [-0.25, -0.2) is 9.59 Å². The molecular weight excluding hydrogens is 1180 g/mol. The number of fused-ring (bicyclic) bond motifs is 7. The summed E-state index contributed by atoms with van der Waals surface area (Å²) in [5.41, 5.74) is -4.23. The van der Waals surface area contributed by atoms with Crippen molar-refractivity contribution in [1.82, 2.24) is 0 Å². The van der Waals surface area contributed by atoms with E-state index in [1.165, 1.54) is 13.8 Å². The van der Waals surface area contributed by atoms with Crippen molar-refractivity contribution in [2.45, 2.75) is 249 Å². The SMILES string of the molecule is C/C=C(/C)C(=O)O[C@H]1[C@H](OC(C)=O)[C@]2(CO)[C@H](OC(C)=O)C[C@]3(C)C(=CC[C@@H]4[C@@]5(C)CC[C@H](O[C@@H]6O[C@H](C(=O)O)[C@@H](O)[C@H](O[C@@H]7OC[C@H](O)[C@H](O)[C@H]7O[C@@H]7OC[C@@H](O)[C@H](O)[C@H]7O)[C@H]6O[C@@H]6O[C@H](CO)[C@H](O)[C@H](O)[C@H]6O)[C@@](C)(CO)[C@@H]5CC[C@]43C)[C@@H]2CC1(C)C. The Bertz CT molecular complexity index is 2640. The van der Waals surface area contributed by atoms with E-state index in [2.05, 4.69) is 26.8 Å². The van der Waals surface area contributed by atoms with Gasteiger partial charge in [0, 0.05) is 30.3 Å². The van der Waals surface area contributed by atoms with E-state index in [9.17, 15) is 85.6 Å². The Morgan fingerprint density at radius 2 is 1.22 bits per heavy atom. The molecule has 8 fully saturated rings. The predicted octanol–water partition coefficient (Wildman–Crippen LogP) is -1.65. The number of allylic oxidation sites excluding steroid dienone is 3. The first-order chi connectivity index (χ1) is 41.6. The number of rotatable bonds is 16. The molecule has 0 bridgehead atoms. The second-order valence-corrected chi connectivity index (χ2v) is 28.0. The summed E-state index contributed by atoms with van der Waals surface area (Å²) in [6, 6.07) is 0. The van der Waals surface area contributed by atoms with Crippen LogP contribution in [0.3, 0.4) is 0 Å². The van der Waals surface area contributed by atoms with E-state index < -0.39 is 230 Å². The number of carbonyl (C=O) groups excluding carboxylic acids is 3. The molecule has 4 saturated carbocycles. The van der Waals surface area contributed by atoms with Gasteiger partial charge in [0.05, 0.1) is 44.6 Å². The molecule has 0 unspecified atom stereocenters. The van der Waals surface area contributed by atoms with Crippen molar-refractivity contribution >= 4 is 23.9 Å². The van der Waals surface area contributed by atoms with Crippen molar-refractivity contribution < 1.29 is 138 Å². The van der Waals surface area contributed by atoms with E-state index in [-0.39, 0.29) is 24.7 Å². The van der Waals surface area contributed by atoms with Gasteiger partial charge in [0.25, 0.3) is 0 Å². The second kappa shape index (κ2) is 26.0. The number of aliphatic carboxylic acids is 1. The highest BCUT2D eigenvalue weighted by Gasteiger charge is 2.75. The zero-order valence-electron chi connectivity index (χ0n) is 52.0. The van der Waals surface area contributed by atoms with Crippen LogP contribution in [0.1, 0.15) is 114 Å². The quantitative estimate of drug-likeness (QED) is 0.0271. The maximum Gasteiger partial charge on any atom is 0.335 e. The average Bonchev–Trinajstić information content (AvgIpc) is 0.669. The number of aliphatic hydroxyl groups excluding tert-OH is 12. The fraction of sp³-hybridized carbons (Fsp3) is 0.869. The number of carboxylic acids is 1. The molecule has 28 nitrogen and oxygen atoms in total. The second-order valence-electron chi connectivity index (χ2n) is 28.0. The van der Waals surface area contributed by atoms with Crippen LogP contribution in [0, 0.1) is 50.2 Å². The number of hydrogen-bond acceptors (Lipinski definition) is 27. The first-order valence-electron chi connectivity index (χ1n) is 30.9. The average molecular weight is 1280 g/mol. The van der Waals surface area contributed by atoms with E-state index in [0.717, 1.165) is 5.57 Å². The van der Waals surface area contributed by atoms with E-state index in [4.69, 9.17) is 52.1 Å². The highest BCUT2D eigenvalue weighted by Crippen LogP contribution is 2.76. The number of aliphatic hydroxyl groups is 12. The van der Waals surface area contributed by atoms with Crippen molar-refractivity contribution in [3.05, 3.63) is 23.3 Å². The van der Waals surface area contributed by atoms with Gasteiger partial charge in [0.15, 0.2) is 37.4 Å². The monoisotopic (exact) mass is 1270 g/mol. The van der Waals surface area contributed by atoms with E-state index in [1.807, 2.05) is 20.8 Å². The largest absolute Gasteiger partial charge is 0.479 e. The molecular formula is C61H94O28. The molecule has 4 saturated heterocycles. The highest BCUT2D eigenvalue weighted by atomic mass is 16.8. The third kappa shape index (κ3) is 11.8. The molecule has 0 amide bonds. The third-order valence-electron chi connectivity index (χ3n) is 22.7. The number of hydrogen-bond donors (Lipinski definition) is 13. The van der Waals surface area contributed by atoms with E-state index in [0.29, 0.717) is 37.7 Å². The van der Waals surface area contributed by atoms with Crippen LogP contribution in [0.5, 0.6) is 0 Å². The molecule has 30 atom stereocenters. The molecule has 28 heteroatoms. The molecule has 9 rings (SSSR count). The molecule has 9 aliphatic rings. The number of carbonyl (C=O) groups is 4. The van der Waals surface area contributed by atoms with Gasteiger partial charge in [-0.1, -0.05) is 59.3 Å². The van der Waals surface area contributed by atoms with Crippen LogP contribution in [-0.2, 0) is 71.3 Å². The van der Waals surface area contributed by atoms with Gasteiger partial charge in [0.2, 0.25) is 0 Å². The van der Waals surface area contributed by atoms with Crippen molar-refractivity contribution in [1.29, 1.82) is 0 Å². The zero-order chi connectivity index (χ0) is 65.6. The normalized spacial score (nSPS) is 49.8. The summed E-state index contributed by atoms with van der Waals surface area (Å²) >= 11 is 0. The van der Waals surface area contributed by atoms with Gasteiger partial charge in [0.1, 0.15) is 91.6 Å². The van der Waals surface area contributed by atoms with Crippen LogP contribution in [0.15, 0.2) is 23.3 Å². The minimum atomic E-state index is -2.27. The molecule has 4 heterocycles. The van der Waals surface area contributed by atoms with Crippen molar-refractivity contribution in [2.75, 3.05) is 33.0 Å². The van der Waals surface area contributed by atoms with Gasteiger partial charge in [-0.05, 0) is 92.8 Å². The Balaban J connectivity index is 1.07. The van der Waals surface area contributed by atoms with E-state index >= 15 is 0 Å². The molecule has 0 spiro atoms. The highest BCUT2D eigenvalue weighted by molar-refractivity contribution is 5.87. The molecule has 0 radical (unpaired) electrons. The summed E-state index contributed by atoms with van der Waals surface area (Å²) < 4.78 is 67.3. The molecule has 4 aliphatic heterocycles. The topological polar surface area (TPSA) is 433 Å². The Kier molecular flexibility index (Phi) is 20.5. The first-order valence-corrected chi connectivity index (χ1v) is 30.9. The molecule has 5 aliphatic carbocycles. The standard InChI is InChI=1S/C61H94O28/c1-11-25(2)51(78)89-48-49(82-27(4)66)61(24-64)29(18-56(48,5)6)28-12-13-34-57(7)16-15-35(58(8,23-63)33(57)14-17-59(34,9)60(28,10)19-36(61)81-26(3)65)84-55-47(88-53-42(74)40(72)39(71)32(20-62)83-53)44(43(75)45(86-55)50(76)77)85-54-46(38(70)31(68)22-80-54)87-52-41(73)37(69)30(67)21-79-52/h11-12,29-49,52-55,62-64,67-75H,13-24H2,1-10H3,(H,76,77)/b25-11-/t29-,30+,31-,32+,33+,34+,35-,36+,37-,38-,39-,40-,41+,42+,43-,44-,45-,46+,47+,48-,49-,52-,53-,54-,55+,57-,58-,59+,60+,61-/m0/s1. The predicted molar refractivity (Wildman–Crippen MR) is 299 cm³/mol. The minimum absolute atomic E-state index is 0.155. The summed E-state index contributed by atoms with van der Waals surface area (Å²) in [5, 5.41) is 143. The number of esters is 3. The van der Waals surface area contributed by atoms with Gasteiger partial charge < -0.3 is 118 Å². The molecule has 0 aromatic carbocycles. The zero-order valence-corrected chi connectivity index (χ0v) is 52.0. The number of carboxylic acid groups (broad SMARTS) is 1. The molecule has 89 heavy (non-hydrogen) atoms. The summed E-state index contributed by atoms with van der Waals surface area (Å²) in [7, 11) is 0. The molecule has 0 aromatic heterocycles.